The number of hydrogen-bond acceptors (Lipinski definition) is 2. The van der Waals surface area contributed by atoms with Gasteiger partial charge in [0.15, 0.2) is 0 Å². The third-order valence-electron chi connectivity index (χ3n) is 5.18. The Labute approximate surface area is 120 Å². The Morgan fingerprint density at radius 3 is 2.47 bits per heavy atom. The summed E-state index contributed by atoms with van der Waals surface area (Å²) in [6, 6.07) is 0.794. The predicted molar refractivity (Wildman–Crippen MR) is 83.4 cm³/mol. The topological polar surface area (TPSA) is 15.3 Å². The second kappa shape index (κ2) is 7.64. The first kappa shape index (κ1) is 15.3. The van der Waals surface area contributed by atoms with E-state index in [1.807, 2.05) is 0 Å². The molecule has 0 aromatic rings. The summed E-state index contributed by atoms with van der Waals surface area (Å²) in [5.74, 6) is 2.63. The van der Waals surface area contributed by atoms with Gasteiger partial charge in [0.2, 0.25) is 0 Å². The fourth-order valence-electron chi connectivity index (χ4n) is 3.86. The van der Waals surface area contributed by atoms with E-state index in [2.05, 4.69) is 31.0 Å². The summed E-state index contributed by atoms with van der Waals surface area (Å²) in [6.07, 6.45) is 8.53. The van der Waals surface area contributed by atoms with Gasteiger partial charge in [-0.25, -0.2) is 0 Å². The summed E-state index contributed by atoms with van der Waals surface area (Å²) >= 11 is 0. The van der Waals surface area contributed by atoms with Gasteiger partial charge in [0.25, 0.3) is 0 Å². The van der Waals surface area contributed by atoms with Gasteiger partial charge in [0.1, 0.15) is 0 Å². The van der Waals surface area contributed by atoms with Crippen molar-refractivity contribution in [1.82, 2.24) is 10.2 Å². The van der Waals surface area contributed by atoms with Crippen LogP contribution in [0.15, 0.2) is 0 Å². The van der Waals surface area contributed by atoms with Crippen LogP contribution in [0.2, 0.25) is 0 Å². The van der Waals surface area contributed by atoms with Crippen molar-refractivity contribution in [3.63, 3.8) is 0 Å². The lowest BCUT2D eigenvalue weighted by Gasteiger charge is -2.33. The predicted octanol–water partition coefficient (Wildman–Crippen LogP) is 3.52. The van der Waals surface area contributed by atoms with Crippen molar-refractivity contribution in [2.45, 2.75) is 65.3 Å². The molecule has 0 amide bonds. The van der Waals surface area contributed by atoms with Crippen molar-refractivity contribution in [3.05, 3.63) is 0 Å². The SMILES string of the molecule is CC(CNC1CCCC(C(C)C)C1)CN1CCCC1. The van der Waals surface area contributed by atoms with E-state index >= 15 is 0 Å². The van der Waals surface area contributed by atoms with Gasteiger partial charge in [-0.3, -0.25) is 0 Å². The highest BCUT2D eigenvalue weighted by molar-refractivity contribution is 4.80. The number of likely N-dealkylation sites (tertiary alicyclic amines) is 1. The van der Waals surface area contributed by atoms with Crippen LogP contribution in [0.3, 0.4) is 0 Å². The molecule has 3 atom stereocenters. The molecular formula is C17H34N2. The molecule has 1 heterocycles. The summed E-state index contributed by atoms with van der Waals surface area (Å²) in [5, 5.41) is 3.85. The summed E-state index contributed by atoms with van der Waals surface area (Å²) in [5.41, 5.74) is 0. The maximum atomic E-state index is 3.85. The van der Waals surface area contributed by atoms with Crippen LogP contribution < -0.4 is 5.32 Å². The number of nitrogens with zero attached hydrogens (tertiary/aromatic N) is 1. The van der Waals surface area contributed by atoms with Crippen LogP contribution in [0.4, 0.5) is 0 Å². The zero-order valence-electron chi connectivity index (χ0n) is 13.3. The molecule has 1 saturated heterocycles. The summed E-state index contributed by atoms with van der Waals surface area (Å²) in [7, 11) is 0. The average Bonchev–Trinajstić information content (AvgIpc) is 2.89. The average molecular weight is 266 g/mol. The largest absolute Gasteiger partial charge is 0.314 e. The van der Waals surface area contributed by atoms with Crippen molar-refractivity contribution in [3.8, 4) is 0 Å². The fourth-order valence-corrected chi connectivity index (χ4v) is 3.86. The van der Waals surface area contributed by atoms with Crippen molar-refractivity contribution in [2.24, 2.45) is 17.8 Å². The summed E-state index contributed by atoms with van der Waals surface area (Å²) < 4.78 is 0. The minimum atomic E-state index is 0.794. The lowest BCUT2D eigenvalue weighted by molar-refractivity contribution is 0.218. The molecule has 1 N–H and O–H groups in total. The third kappa shape index (κ3) is 5.07. The third-order valence-corrected chi connectivity index (χ3v) is 5.18. The second-order valence-electron chi connectivity index (χ2n) is 7.39. The molecule has 0 spiro atoms. The quantitative estimate of drug-likeness (QED) is 0.791. The van der Waals surface area contributed by atoms with E-state index in [0.29, 0.717) is 0 Å². The number of rotatable bonds is 6. The van der Waals surface area contributed by atoms with Gasteiger partial charge in [-0.05, 0) is 63.1 Å². The van der Waals surface area contributed by atoms with Crippen LogP contribution in [0, 0.1) is 17.8 Å². The van der Waals surface area contributed by atoms with Crippen LogP contribution in [0.1, 0.15) is 59.3 Å². The number of hydrogen-bond donors (Lipinski definition) is 1. The van der Waals surface area contributed by atoms with E-state index in [1.54, 1.807) is 0 Å². The first-order valence-electron chi connectivity index (χ1n) is 8.61. The molecule has 3 unspecified atom stereocenters. The molecule has 0 radical (unpaired) electrons. The highest BCUT2D eigenvalue weighted by Crippen LogP contribution is 2.29. The molecule has 112 valence electrons. The molecule has 2 nitrogen and oxygen atoms in total. The second-order valence-corrected chi connectivity index (χ2v) is 7.39. The smallest absolute Gasteiger partial charge is 0.00699 e. The van der Waals surface area contributed by atoms with E-state index in [1.165, 1.54) is 64.7 Å². The molecule has 1 aliphatic heterocycles. The normalized spacial score (nSPS) is 30.9. The monoisotopic (exact) mass is 266 g/mol. The Morgan fingerprint density at radius 2 is 1.79 bits per heavy atom. The van der Waals surface area contributed by atoms with Gasteiger partial charge >= 0.3 is 0 Å². The molecule has 1 saturated carbocycles. The maximum absolute atomic E-state index is 3.85. The van der Waals surface area contributed by atoms with E-state index in [9.17, 15) is 0 Å². The lowest BCUT2D eigenvalue weighted by Crippen LogP contribution is -2.40. The maximum Gasteiger partial charge on any atom is 0.00699 e. The first-order chi connectivity index (χ1) is 9.15. The van der Waals surface area contributed by atoms with Gasteiger partial charge in [-0.15, -0.1) is 0 Å². The molecule has 2 heteroatoms. The van der Waals surface area contributed by atoms with Crippen molar-refractivity contribution in [1.29, 1.82) is 0 Å². The van der Waals surface area contributed by atoms with Crippen LogP contribution in [-0.2, 0) is 0 Å². The Balaban J connectivity index is 1.63. The Morgan fingerprint density at radius 1 is 1.05 bits per heavy atom. The molecule has 2 aliphatic rings. The fraction of sp³-hybridized carbons (Fsp3) is 1.00. The summed E-state index contributed by atoms with van der Waals surface area (Å²) in [4.78, 5) is 2.64. The van der Waals surface area contributed by atoms with Crippen molar-refractivity contribution < 1.29 is 0 Å². The van der Waals surface area contributed by atoms with E-state index in [0.717, 1.165) is 23.8 Å². The Kier molecular flexibility index (Phi) is 6.15. The zero-order valence-corrected chi connectivity index (χ0v) is 13.3. The molecule has 1 aliphatic carbocycles. The van der Waals surface area contributed by atoms with E-state index in [4.69, 9.17) is 0 Å². The molecule has 2 fully saturated rings. The Bertz CT molecular complexity index is 246. The zero-order chi connectivity index (χ0) is 13.7. The van der Waals surface area contributed by atoms with Gasteiger partial charge in [0.05, 0.1) is 0 Å². The molecule has 0 aromatic heterocycles. The lowest BCUT2D eigenvalue weighted by atomic mass is 9.79. The molecular weight excluding hydrogens is 232 g/mol. The number of nitrogens with one attached hydrogen (secondary N) is 1. The van der Waals surface area contributed by atoms with E-state index < -0.39 is 0 Å². The van der Waals surface area contributed by atoms with Crippen LogP contribution in [0.5, 0.6) is 0 Å². The highest BCUT2D eigenvalue weighted by atomic mass is 15.1. The first-order valence-corrected chi connectivity index (χ1v) is 8.61. The van der Waals surface area contributed by atoms with Gasteiger partial charge in [-0.2, -0.15) is 0 Å². The standard InChI is InChI=1S/C17H34N2/c1-14(2)16-7-6-8-17(11-16)18-12-15(3)13-19-9-4-5-10-19/h14-18H,4-13H2,1-3H3. The minimum absolute atomic E-state index is 0.794. The van der Waals surface area contributed by atoms with Crippen LogP contribution in [-0.4, -0.2) is 37.1 Å². The van der Waals surface area contributed by atoms with Gasteiger partial charge in [-0.1, -0.05) is 33.6 Å². The van der Waals surface area contributed by atoms with Crippen LogP contribution in [0.25, 0.3) is 0 Å². The molecule has 2 rings (SSSR count). The van der Waals surface area contributed by atoms with Gasteiger partial charge < -0.3 is 10.2 Å². The van der Waals surface area contributed by atoms with Crippen molar-refractivity contribution in [2.75, 3.05) is 26.2 Å². The van der Waals surface area contributed by atoms with Gasteiger partial charge in [0, 0.05) is 12.6 Å². The molecule has 19 heavy (non-hydrogen) atoms. The van der Waals surface area contributed by atoms with Crippen molar-refractivity contribution >= 4 is 0 Å². The Hall–Kier alpha value is -0.0800. The molecule has 0 bridgehead atoms. The molecule has 0 aromatic carbocycles. The minimum Gasteiger partial charge on any atom is -0.314 e. The highest BCUT2D eigenvalue weighted by Gasteiger charge is 2.24. The van der Waals surface area contributed by atoms with Crippen LogP contribution >= 0.6 is 0 Å². The van der Waals surface area contributed by atoms with E-state index in [-0.39, 0.29) is 0 Å². The summed E-state index contributed by atoms with van der Waals surface area (Å²) in [6.45, 7) is 12.4.